The Morgan fingerprint density at radius 2 is 2.00 bits per heavy atom. The van der Waals surface area contributed by atoms with Gasteiger partial charge >= 0.3 is 5.97 Å². The van der Waals surface area contributed by atoms with Gasteiger partial charge in [0.05, 0.1) is 7.11 Å². The van der Waals surface area contributed by atoms with Crippen LogP contribution < -0.4 is 9.47 Å². The summed E-state index contributed by atoms with van der Waals surface area (Å²) >= 11 is 0. The van der Waals surface area contributed by atoms with Crippen LogP contribution >= 0.6 is 0 Å². The maximum atomic E-state index is 11.6. The van der Waals surface area contributed by atoms with Gasteiger partial charge in [0.25, 0.3) is 5.91 Å². The number of likely N-dealkylation sites (N-methyl/N-ethyl adjacent to an activating group) is 1. The number of benzene rings is 1. The van der Waals surface area contributed by atoms with Crippen LogP contribution in [0.4, 0.5) is 0 Å². The third-order valence-corrected chi connectivity index (χ3v) is 2.47. The Bertz CT molecular complexity index is 472. The van der Waals surface area contributed by atoms with E-state index in [1.807, 2.05) is 13.0 Å². The zero-order valence-electron chi connectivity index (χ0n) is 11.2. The number of aliphatic carboxylic acids is 1. The zero-order valence-corrected chi connectivity index (χ0v) is 11.2. The van der Waals surface area contributed by atoms with Crippen LogP contribution in [0, 0.1) is 6.92 Å². The first-order valence-corrected chi connectivity index (χ1v) is 5.67. The summed E-state index contributed by atoms with van der Waals surface area (Å²) in [6.45, 7) is 1.33. The molecule has 1 N–H and O–H groups in total. The molecule has 0 saturated carbocycles. The van der Waals surface area contributed by atoms with Crippen molar-refractivity contribution in [3.8, 4) is 11.5 Å². The molecule has 0 atom stereocenters. The SMILES string of the molecule is COc1cc(C)ccc1OCC(=O)N(C)CC(=O)O. The fourth-order valence-electron chi connectivity index (χ4n) is 1.43. The highest BCUT2D eigenvalue weighted by molar-refractivity contribution is 5.82. The number of hydrogen-bond donors (Lipinski definition) is 1. The van der Waals surface area contributed by atoms with Crippen molar-refractivity contribution in [1.29, 1.82) is 0 Å². The van der Waals surface area contributed by atoms with E-state index in [4.69, 9.17) is 14.6 Å². The quantitative estimate of drug-likeness (QED) is 0.829. The van der Waals surface area contributed by atoms with Crippen LogP contribution in [0.3, 0.4) is 0 Å². The van der Waals surface area contributed by atoms with E-state index >= 15 is 0 Å². The number of nitrogens with zero attached hydrogens (tertiary/aromatic N) is 1. The maximum absolute atomic E-state index is 11.6. The lowest BCUT2D eigenvalue weighted by molar-refractivity contribution is -0.144. The molecule has 0 aliphatic rings. The van der Waals surface area contributed by atoms with E-state index in [9.17, 15) is 9.59 Å². The van der Waals surface area contributed by atoms with Crippen LogP contribution in [-0.2, 0) is 9.59 Å². The van der Waals surface area contributed by atoms with Gasteiger partial charge in [-0.3, -0.25) is 9.59 Å². The summed E-state index contributed by atoms with van der Waals surface area (Å²) in [6.07, 6.45) is 0. The minimum absolute atomic E-state index is 0.233. The average Bonchev–Trinajstić information content (AvgIpc) is 2.35. The highest BCUT2D eigenvalue weighted by Gasteiger charge is 2.14. The Morgan fingerprint density at radius 1 is 1.32 bits per heavy atom. The number of rotatable bonds is 6. The molecule has 0 heterocycles. The van der Waals surface area contributed by atoms with Gasteiger partial charge in [-0.2, -0.15) is 0 Å². The molecule has 0 saturated heterocycles. The summed E-state index contributed by atoms with van der Waals surface area (Å²) in [7, 11) is 2.92. The van der Waals surface area contributed by atoms with E-state index in [1.54, 1.807) is 12.1 Å². The van der Waals surface area contributed by atoms with Gasteiger partial charge in [-0.25, -0.2) is 0 Å². The maximum Gasteiger partial charge on any atom is 0.323 e. The minimum atomic E-state index is -1.07. The van der Waals surface area contributed by atoms with Crippen LogP contribution in [0.2, 0.25) is 0 Å². The lowest BCUT2D eigenvalue weighted by Crippen LogP contribution is -2.35. The Balaban J connectivity index is 2.61. The first-order valence-electron chi connectivity index (χ1n) is 5.67. The molecule has 0 aliphatic carbocycles. The van der Waals surface area contributed by atoms with Crippen molar-refractivity contribution in [2.45, 2.75) is 6.92 Å². The number of carboxylic acid groups (broad SMARTS) is 1. The molecule has 0 unspecified atom stereocenters. The van der Waals surface area contributed by atoms with Crippen molar-refractivity contribution in [2.75, 3.05) is 27.3 Å². The highest BCUT2D eigenvalue weighted by atomic mass is 16.5. The molecule has 1 aromatic carbocycles. The Kier molecular flexibility index (Phi) is 5.17. The molecule has 6 heteroatoms. The number of carbonyl (C=O) groups excluding carboxylic acids is 1. The van der Waals surface area contributed by atoms with E-state index in [1.165, 1.54) is 14.2 Å². The van der Waals surface area contributed by atoms with Crippen molar-refractivity contribution in [3.63, 3.8) is 0 Å². The fourth-order valence-corrected chi connectivity index (χ4v) is 1.43. The molecule has 0 bridgehead atoms. The first-order chi connectivity index (χ1) is 8.93. The Morgan fingerprint density at radius 3 is 2.58 bits per heavy atom. The molecule has 0 spiro atoms. The monoisotopic (exact) mass is 267 g/mol. The second-order valence-electron chi connectivity index (χ2n) is 4.09. The third-order valence-electron chi connectivity index (χ3n) is 2.47. The van der Waals surface area contributed by atoms with Gasteiger partial charge in [-0.1, -0.05) is 6.07 Å². The zero-order chi connectivity index (χ0) is 14.4. The third kappa shape index (κ3) is 4.50. The molecule has 1 aromatic rings. The van der Waals surface area contributed by atoms with E-state index < -0.39 is 11.9 Å². The van der Waals surface area contributed by atoms with Crippen LogP contribution in [0.15, 0.2) is 18.2 Å². The summed E-state index contributed by atoms with van der Waals surface area (Å²) in [5, 5.41) is 8.58. The molecule has 0 fully saturated rings. The molecule has 19 heavy (non-hydrogen) atoms. The average molecular weight is 267 g/mol. The number of hydrogen-bond acceptors (Lipinski definition) is 4. The second kappa shape index (κ2) is 6.63. The van der Waals surface area contributed by atoms with Gasteiger partial charge in [0.2, 0.25) is 0 Å². The van der Waals surface area contributed by atoms with Crippen molar-refractivity contribution >= 4 is 11.9 Å². The molecule has 104 valence electrons. The fraction of sp³-hybridized carbons (Fsp3) is 0.385. The standard InChI is InChI=1S/C13H17NO5/c1-9-4-5-10(11(6-9)18-3)19-8-12(15)14(2)7-13(16)17/h4-6H,7-8H2,1-3H3,(H,16,17). The molecular weight excluding hydrogens is 250 g/mol. The number of amides is 1. The summed E-state index contributed by atoms with van der Waals surface area (Å²) in [6, 6.07) is 5.34. The molecule has 0 aliphatic heterocycles. The summed E-state index contributed by atoms with van der Waals surface area (Å²) in [4.78, 5) is 23.2. The van der Waals surface area contributed by atoms with Gasteiger partial charge in [-0.05, 0) is 24.6 Å². The molecule has 0 aromatic heterocycles. The highest BCUT2D eigenvalue weighted by Crippen LogP contribution is 2.27. The van der Waals surface area contributed by atoms with Crippen LogP contribution in [0.25, 0.3) is 0 Å². The summed E-state index contributed by atoms with van der Waals surface area (Å²) < 4.78 is 10.5. The Labute approximate surface area is 111 Å². The molecule has 0 radical (unpaired) electrons. The van der Waals surface area contributed by atoms with Gasteiger partial charge in [0, 0.05) is 7.05 Å². The van der Waals surface area contributed by atoms with Crippen LogP contribution in [0.1, 0.15) is 5.56 Å². The van der Waals surface area contributed by atoms with Crippen molar-refractivity contribution in [3.05, 3.63) is 23.8 Å². The predicted molar refractivity (Wildman–Crippen MR) is 68.5 cm³/mol. The number of methoxy groups -OCH3 is 1. The molecular formula is C13H17NO5. The number of aryl methyl sites for hydroxylation is 1. The van der Waals surface area contributed by atoms with E-state index in [2.05, 4.69) is 0 Å². The van der Waals surface area contributed by atoms with Crippen molar-refractivity contribution < 1.29 is 24.2 Å². The minimum Gasteiger partial charge on any atom is -0.493 e. The molecule has 1 rings (SSSR count). The lowest BCUT2D eigenvalue weighted by Gasteiger charge is -2.16. The van der Waals surface area contributed by atoms with E-state index in [0.29, 0.717) is 11.5 Å². The van der Waals surface area contributed by atoms with Gasteiger partial charge < -0.3 is 19.5 Å². The van der Waals surface area contributed by atoms with Crippen molar-refractivity contribution in [1.82, 2.24) is 4.90 Å². The molecule has 6 nitrogen and oxygen atoms in total. The van der Waals surface area contributed by atoms with E-state index in [-0.39, 0.29) is 13.2 Å². The van der Waals surface area contributed by atoms with Crippen molar-refractivity contribution in [2.24, 2.45) is 0 Å². The Hall–Kier alpha value is -2.24. The van der Waals surface area contributed by atoms with Crippen LogP contribution in [-0.4, -0.2) is 49.2 Å². The second-order valence-corrected chi connectivity index (χ2v) is 4.09. The smallest absolute Gasteiger partial charge is 0.323 e. The van der Waals surface area contributed by atoms with Gasteiger partial charge in [-0.15, -0.1) is 0 Å². The molecule has 1 amide bonds. The first kappa shape index (κ1) is 14.8. The lowest BCUT2D eigenvalue weighted by atomic mass is 10.2. The number of ether oxygens (including phenoxy) is 2. The number of carbonyl (C=O) groups is 2. The summed E-state index contributed by atoms with van der Waals surface area (Å²) in [5.74, 6) is -0.493. The normalized spacial score (nSPS) is 9.84. The predicted octanol–water partition coefficient (Wildman–Crippen LogP) is 0.925. The van der Waals surface area contributed by atoms with Gasteiger partial charge in [0.1, 0.15) is 6.54 Å². The van der Waals surface area contributed by atoms with E-state index in [0.717, 1.165) is 10.5 Å². The topological polar surface area (TPSA) is 76.1 Å². The number of carboxylic acids is 1. The largest absolute Gasteiger partial charge is 0.493 e. The summed E-state index contributed by atoms with van der Waals surface area (Å²) in [5.41, 5.74) is 1.01. The van der Waals surface area contributed by atoms with Crippen LogP contribution in [0.5, 0.6) is 11.5 Å². The van der Waals surface area contributed by atoms with Gasteiger partial charge in [0.15, 0.2) is 18.1 Å².